The Hall–Kier alpha value is -3.77. The maximum absolute atomic E-state index is 13.0. The summed E-state index contributed by atoms with van der Waals surface area (Å²) < 4.78 is 1.29. The van der Waals surface area contributed by atoms with Crippen LogP contribution in [0.4, 0.5) is 0 Å². The lowest BCUT2D eigenvalue weighted by Gasteiger charge is -2.34. The fourth-order valence-electron chi connectivity index (χ4n) is 4.54. The molecule has 2 heterocycles. The van der Waals surface area contributed by atoms with Crippen molar-refractivity contribution in [2.45, 2.75) is 13.0 Å². The minimum Gasteiger partial charge on any atom is -0.339 e. The lowest BCUT2D eigenvalue weighted by atomic mass is 10.0. The van der Waals surface area contributed by atoms with Crippen molar-refractivity contribution in [3.63, 3.8) is 0 Å². The third kappa shape index (κ3) is 4.92. The van der Waals surface area contributed by atoms with Gasteiger partial charge in [-0.25, -0.2) is 4.68 Å². The van der Waals surface area contributed by atoms with Crippen molar-refractivity contribution in [3.8, 4) is 11.3 Å². The highest BCUT2D eigenvalue weighted by atomic mass is 16.2. The minimum absolute atomic E-state index is 0.0402. The topological polar surface area (TPSA) is 58.4 Å². The van der Waals surface area contributed by atoms with Crippen molar-refractivity contribution in [1.82, 2.24) is 19.6 Å². The van der Waals surface area contributed by atoms with Gasteiger partial charge in [-0.1, -0.05) is 72.8 Å². The van der Waals surface area contributed by atoms with Crippen LogP contribution in [0.1, 0.15) is 5.56 Å². The van der Waals surface area contributed by atoms with Crippen molar-refractivity contribution in [3.05, 3.63) is 101 Å². The zero-order valence-corrected chi connectivity index (χ0v) is 19.1. The van der Waals surface area contributed by atoms with E-state index in [1.165, 1.54) is 16.3 Å². The van der Waals surface area contributed by atoms with Crippen molar-refractivity contribution >= 4 is 16.7 Å². The molecular formula is C28H28N4O2. The Labute approximate surface area is 199 Å². The Balaban J connectivity index is 1.23. The molecule has 4 aromatic rings. The zero-order chi connectivity index (χ0) is 23.3. The van der Waals surface area contributed by atoms with Gasteiger partial charge < -0.3 is 4.90 Å². The molecule has 0 N–H and O–H groups in total. The number of amides is 1. The van der Waals surface area contributed by atoms with Crippen molar-refractivity contribution < 1.29 is 4.79 Å². The van der Waals surface area contributed by atoms with E-state index in [9.17, 15) is 9.59 Å². The van der Waals surface area contributed by atoms with Crippen LogP contribution in [0.2, 0.25) is 0 Å². The molecule has 3 aromatic carbocycles. The van der Waals surface area contributed by atoms with Gasteiger partial charge in [0.2, 0.25) is 5.91 Å². The molecule has 1 aromatic heterocycles. The lowest BCUT2D eigenvalue weighted by molar-refractivity contribution is -0.133. The predicted octanol–water partition coefficient (Wildman–Crippen LogP) is 3.45. The molecule has 1 saturated heterocycles. The van der Waals surface area contributed by atoms with Crippen LogP contribution in [0, 0.1) is 0 Å². The van der Waals surface area contributed by atoms with Gasteiger partial charge in [0.05, 0.1) is 5.69 Å². The Bertz CT molecular complexity index is 1340. The molecular weight excluding hydrogens is 424 g/mol. The fraction of sp³-hybridized carbons (Fsp3) is 0.250. The Kier molecular flexibility index (Phi) is 6.49. The second-order valence-corrected chi connectivity index (χ2v) is 8.70. The highest BCUT2D eigenvalue weighted by molar-refractivity contribution is 5.95. The molecule has 0 bridgehead atoms. The van der Waals surface area contributed by atoms with Crippen molar-refractivity contribution in [2.75, 3.05) is 32.7 Å². The van der Waals surface area contributed by atoms with E-state index in [0.717, 1.165) is 42.4 Å². The number of carbonyl (C=O) groups is 1. The summed E-state index contributed by atoms with van der Waals surface area (Å²) in [5.41, 5.74) is 2.71. The van der Waals surface area contributed by atoms with Gasteiger partial charge in [-0.2, -0.15) is 5.10 Å². The molecule has 1 aliphatic heterocycles. The van der Waals surface area contributed by atoms with Crippen molar-refractivity contribution in [2.24, 2.45) is 0 Å². The first-order valence-corrected chi connectivity index (χ1v) is 11.8. The van der Waals surface area contributed by atoms with E-state index in [1.807, 2.05) is 41.3 Å². The maximum Gasteiger partial charge on any atom is 0.267 e. The first-order valence-electron chi connectivity index (χ1n) is 11.8. The number of fused-ring (bicyclic) bond motifs is 1. The third-order valence-electron chi connectivity index (χ3n) is 6.50. The van der Waals surface area contributed by atoms with Crippen LogP contribution in [0.5, 0.6) is 0 Å². The van der Waals surface area contributed by atoms with E-state index in [1.54, 1.807) is 6.07 Å². The smallest absolute Gasteiger partial charge is 0.267 e. The van der Waals surface area contributed by atoms with E-state index in [0.29, 0.717) is 18.8 Å². The van der Waals surface area contributed by atoms with Gasteiger partial charge in [0.25, 0.3) is 5.56 Å². The summed E-state index contributed by atoms with van der Waals surface area (Å²) in [6.45, 7) is 3.98. The van der Waals surface area contributed by atoms with Crippen LogP contribution in [0.3, 0.4) is 0 Å². The Morgan fingerprint density at radius 3 is 2.35 bits per heavy atom. The second kappa shape index (κ2) is 10.0. The molecule has 0 atom stereocenters. The normalized spacial score (nSPS) is 14.4. The summed E-state index contributed by atoms with van der Waals surface area (Å²) in [5, 5.41) is 6.73. The molecule has 1 amide bonds. The van der Waals surface area contributed by atoms with Crippen LogP contribution in [0.15, 0.2) is 89.7 Å². The molecule has 172 valence electrons. The standard InChI is InChI=1S/C28H28N4O2/c33-27-14-13-26(25-12-6-10-23-9-4-5-11-24(23)25)29-32(27)21-28(34)31-19-17-30(18-20-31)16-15-22-7-2-1-3-8-22/h1-14H,15-21H2. The van der Waals surface area contributed by atoms with Crippen LogP contribution in [-0.2, 0) is 17.8 Å². The van der Waals surface area contributed by atoms with E-state index < -0.39 is 0 Å². The first-order chi connectivity index (χ1) is 16.7. The van der Waals surface area contributed by atoms with Gasteiger partial charge in [0, 0.05) is 44.4 Å². The van der Waals surface area contributed by atoms with Gasteiger partial charge in [0.1, 0.15) is 6.54 Å². The number of aromatic nitrogens is 2. The zero-order valence-electron chi connectivity index (χ0n) is 19.1. The summed E-state index contributed by atoms with van der Waals surface area (Å²) in [6.07, 6.45) is 1.01. The number of hydrogen-bond acceptors (Lipinski definition) is 4. The summed E-state index contributed by atoms with van der Waals surface area (Å²) in [7, 11) is 0. The molecule has 0 radical (unpaired) electrons. The highest BCUT2D eigenvalue weighted by Gasteiger charge is 2.22. The molecule has 0 aliphatic carbocycles. The fourth-order valence-corrected chi connectivity index (χ4v) is 4.54. The number of rotatable bonds is 6. The molecule has 34 heavy (non-hydrogen) atoms. The summed E-state index contributed by atoms with van der Waals surface area (Å²) in [4.78, 5) is 29.7. The third-order valence-corrected chi connectivity index (χ3v) is 6.50. The number of piperazine rings is 1. The quantitative estimate of drug-likeness (QED) is 0.450. The molecule has 0 saturated carbocycles. The number of benzene rings is 3. The lowest BCUT2D eigenvalue weighted by Crippen LogP contribution is -2.50. The summed E-state index contributed by atoms with van der Waals surface area (Å²) in [5.74, 6) is -0.0626. The van der Waals surface area contributed by atoms with Crippen LogP contribution in [-0.4, -0.2) is 58.2 Å². The highest BCUT2D eigenvalue weighted by Crippen LogP contribution is 2.26. The monoisotopic (exact) mass is 452 g/mol. The van der Waals surface area contributed by atoms with Crippen molar-refractivity contribution in [1.29, 1.82) is 0 Å². The first kappa shape index (κ1) is 22.0. The van der Waals surface area contributed by atoms with Crippen LogP contribution >= 0.6 is 0 Å². The molecule has 6 nitrogen and oxygen atoms in total. The van der Waals surface area contributed by atoms with Gasteiger partial charge in [0.15, 0.2) is 0 Å². The SMILES string of the molecule is O=C(Cn1nc(-c2cccc3ccccc23)ccc1=O)N1CCN(CCc2ccccc2)CC1. The number of nitrogens with zero attached hydrogens (tertiary/aromatic N) is 4. The van der Waals surface area contributed by atoms with E-state index >= 15 is 0 Å². The average molecular weight is 453 g/mol. The van der Waals surface area contributed by atoms with Gasteiger partial charge in [-0.3, -0.25) is 14.5 Å². The second-order valence-electron chi connectivity index (χ2n) is 8.70. The van der Waals surface area contributed by atoms with Gasteiger partial charge in [-0.05, 0) is 28.8 Å². The molecule has 5 rings (SSSR count). The Morgan fingerprint density at radius 2 is 1.53 bits per heavy atom. The predicted molar refractivity (Wildman–Crippen MR) is 135 cm³/mol. The van der Waals surface area contributed by atoms with E-state index in [2.05, 4.69) is 46.4 Å². The largest absolute Gasteiger partial charge is 0.339 e. The van der Waals surface area contributed by atoms with Gasteiger partial charge in [-0.15, -0.1) is 0 Å². The summed E-state index contributed by atoms with van der Waals surface area (Å²) in [6, 6.07) is 27.8. The molecule has 6 heteroatoms. The van der Waals surface area contributed by atoms with E-state index in [-0.39, 0.29) is 18.0 Å². The average Bonchev–Trinajstić information content (AvgIpc) is 2.89. The molecule has 1 aliphatic rings. The molecule has 0 spiro atoms. The maximum atomic E-state index is 13.0. The Morgan fingerprint density at radius 1 is 0.794 bits per heavy atom. The van der Waals surface area contributed by atoms with Crippen LogP contribution in [0.25, 0.3) is 22.0 Å². The minimum atomic E-state index is -0.265. The van der Waals surface area contributed by atoms with E-state index in [4.69, 9.17) is 0 Å². The number of carbonyl (C=O) groups excluding carboxylic acids is 1. The van der Waals surface area contributed by atoms with Gasteiger partial charge >= 0.3 is 0 Å². The molecule has 0 unspecified atom stereocenters. The van der Waals surface area contributed by atoms with Crippen LogP contribution < -0.4 is 5.56 Å². The molecule has 1 fully saturated rings. The summed E-state index contributed by atoms with van der Waals surface area (Å²) >= 11 is 0. The number of hydrogen-bond donors (Lipinski definition) is 0.